The van der Waals surface area contributed by atoms with E-state index in [4.69, 9.17) is 0 Å². The minimum Gasteiger partial charge on any atom is -0.361 e. The molecule has 6 nitrogen and oxygen atoms in total. The zero-order valence-corrected chi connectivity index (χ0v) is 18.6. The van der Waals surface area contributed by atoms with Crippen LogP contribution in [0.15, 0.2) is 66.0 Å². The van der Waals surface area contributed by atoms with Crippen LogP contribution in [0.5, 0.6) is 0 Å². The lowest BCUT2D eigenvalue weighted by molar-refractivity contribution is 0.537. The summed E-state index contributed by atoms with van der Waals surface area (Å²) >= 11 is 0. The molecule has 4 rings (SSSR count). The van der Waals surface area contributed by atoms with Crippen LogP contribution in [0.2, 0.25) is 0 Å². The van der Waals surface area contributed by atoms with Crippen molar-refractivity contribution >= 4 is 44.1 Å². The number of halogens is 2. The molecule has 0 fully saturated rings. The van der Waals surface area contributed by atoms with E-state index in [-0.39, 0.29) is 29.2 Å². The number of H-pyrrole nitrogens is 1. The lowest BCUT2D eigenvalue weighted by atomic mass is 10.1. The Labute approximate surface area is 186 Å². The van der Waals surface area contributed by atoms with Crippen molar-refractivity contribution in [2.24, 2.45) is 0 Å². The molecule has 0 bridgehead atoms. The van der Waals surface area contributed by atoms with Gasteiger partial charge in [0.05, 0.1) is 4.90 Å². The van der Waals surface area contributed by atoms with Crippen molar-refractivity contribution in [2.45, 2.75) is 24.3 Å². The number of benzene rings is 2. The summed E-state index contributed by atoms with van der Waals surface area (Å²) in [4.78, 5) is 7.41. The van der Waals surface area contributed by atoms with Crippen LogP contribution < -0.4 is 10.0 Å². The van der Waals surface area contributed by atoms with Crippen molar-refractivity contribution in [3.8, 4) is 0 Å². The molecule has 0 aliphatic carbocycles. The molecule has 4 aromatic rings. The molecule has 0 saturated heterocycles. The zero-order chi connectivity index (χ0) is 21.1. The lowest BCUT2D eigenvalue weighted by Gasteiger charge is -2.15. The second-order valence-corrected chi connectivity index (χ2v) is 9.08. The fraction of sp³-hybridized carbons (Fsp3) is 0.227. The number of rotatable bonds is 8. The topological polar surface area (TPSA) is 86.9 Å². The molecule has 0 radical (unpaired) electrons. The number of aromatic nitrogens is 2. The summed E-state index contributed by atoms with van der Waals surface area (Å²) in [5, 5.41) is 5.86. The molecule has 3 N–H and O–H groups in total. The Hall–Kier alpha value is -2.52. The summed E-state index contributed by atoms with van der Waals surface area (Å²) < 4.78 is 41.6. The van der Waals surface area contributed by atoms with Crippen LogP contribution in [0.4, 0.5) is 4.39 Å². The van der Waals surface area contributed by atoms with E-state index in [2.05, 4.69) is 20.0 Å². The number of nitrogens with zero attached hydrogens (tertiary/aromatic N) is 1. The van der Waals surface area contributed by atoms with E-state index < -0.39 is 10.0 Å². The number of aromatic amines is 1. The molecule has 0 saturated carbocycles. The third-order valence-corrected chi connectivity index (χ3v) is 6.62. The van der Waals surface area contributed by atoms with Gasteiger partial charge in [0.2, 0.25) is 10.0 Å². The van der Waals surface area contributed by atoms with Crippen molar-refractivity contribution in [1.29, 1.82) is 0 Å². The molecule has 0 spiro atoms. The average molecular weight is 463 g/mol. The smallest absolute Gasteiger partial charge is 0.240 e. The first-order valence-corrected chi connectivity index (χ1v) is 11.2. The van der Waals surface area contributed by atoms with E-state index in [0.29, 0.717) is 19.5 Å². The number of sulfonamides is 1. The normalized spacial score (nSPS) is 12.7. The Morgan fingerprint density at radius 2 is 1.97 bits per heavy atom. The first kappa shape index (κ1) is 23.1. The van der Waals surface area contributed by atoms with Crippen LogP contribution in [0, 0.1) is 5.82 Å². The standard InChI is InChI=1S/C22H23FN4O2S.ClH/c1-15(12-24-9-7-18-14-26-22-5-3-19(23)11-21(18)22)27-30(28,29)20-4-2-17-13-25-8-6-16(17)10-20;/h2-6,8,10-11,13-15,24,26-27H,7,9,12H2,1H3;1H/t15-;/m1./s1. The molecule has 1 atom stereocenters. The maximum absolute atomic E-state index is 13.5. The second-order valence-electron chi connectivity index (χ2n) is 7.36. The Kier molecular flexibility index (Phi) is 7.27. The van der Waals surface area contributed by atoms with Gasteiger partial charge in [0, 0.05) is 47.5 Å². The summed E-state index contributed by atoms with van der Waals surface area (Å²) in [6.45, 7) is 2.95. The molecular weight excluding hydrogens is 439 g/mol. The second kappa shape index (κ2) is 9.74. The van der Waals surface area contributed by atoms with E-state index in [0.717, 1.165) is 27.2 Å². The molecule has 164 valence electrons. The van der Waals surface area contributed by atoms with Crippen LogP contribution in [0.3, 0.4) is 0 Å². The third kappa shape index (κ3) is 5.40. The predicted molar refractivity (Wildman–Crippen MR) is 124 cm³/mol. The van der Waals surface area contributed by atoms with Crippen molar-refractivity contribution < 1.29 is 12.8 Å². The maximum Gasteiger partial charge on any atom is 0.240 e. The van der Waals surface area contributed by atoms with Crippen molar-refractivity contribution in [1.82, 2.24) is 20.0 Å². The number of hydrogen-bond acceptors (Lipinski definition) is 4. The van der Waals surface area contributed by atoms with Crippen molar-refractivity contribution in [2.75, 3.05) is 13.1 Å². The molecule has 0 aliphatic heterocycles. The predicted octanol–water partition coefficient (Wildman–Crippen LogP) is 3.78. The number of nitrogens with one attached hydrogen (secondary N) is 3. The van der Waals surface area contributed by atoms with Crippen LogP contribution in [0.25, 0.3) is 21.7 Å². The Morgan fingerprint density at radius 1 is 1.13 bits per heavy atom. The first-order valence-electron chi connectivity index (χ1n) is 9.75. The minimum absolute atomic E-state index is 0. The van der Waals surface area contributed by atoms with Gasteiger partial charge in [-0.25, -0.2) is 17.5 Å². The number of hydrogen-bond donors (Lipinski definition) is 3. The Morgan fingerprint density at radius 3 is 2.81 bits per heavy atom. The largest absolute Gasteiger partial charge is 0.361 e. The fourth-order valence-corrected chi connectivity index (χ4v) is 4.78. The van der Waals surface area contributed by atoms with Gasteiger partial charge < -0.3 is 10.3 Å². The first-order chi connectivity index (χ1) is 14.4. The summed E-state index contributed by atoms with van der Waals surface area (Å²) in [5.41, 5.74) is 1.93. The maximum atomic E-state index is 13.5. The van der Waals surface area contributed by atoms with Crippen molar-refractivity contribution in [3.05, 3.63) is 72.4 Å². The summed E-state index contributed by atoms with van der Waals surface area (Å²) in [6.07, 6.45) is 5.93. The highest BCUT2D eigenvalue weighted by Crippen LogP contribution is 2.20. The van der Waals surface area contributed by atoms with Gasteiger partial charge in [-0.3, -0.25) is 4.98 Å². The van der Waals surface area contributed by atoms with Gasteiger partial charge in [-0.05, 0) is 67.2 Å². The summed E-state index contributed by atoms with van der Waals surface area (Å²) in [5.74, 6) is -0.260. The Balaban J connectivity index is 0.00000272. The number of pyridine rings is 1. The molecule has 31 heavy (non-hydrogen) atoms. The van der Waals surface area contributed by atoms with Gasteiger partial charge in [0.1, 0.15) is 5.82 Å². The molecule has 0 amide bonds. The van der Waals surface area contributed by atoms with Crippen LogP contribution >= 0.6 is 12.4 Å². The van der Waals surface area contributed by atoms with E-state index in [1.807, 2.05) is 13.1 Å². The van der Waals surface area contributed by atoms with Crippen molar-refractivity contribution in [3.63, 3.8) is 0 Å². The van der Waals surface area contributed by atoms with Gasteiger partial charge in [0.25, 0.3) is 0 Å². The summed E-state index contributed by atoms with van der Waals surface area (Å²) in [6, 6.07) is 11.2. The molecule has 2 aromatic carbocycles. The van der Waals surface area contributed by atoms with Gasteiger partial charge in [-0.15, -0.1) is 12.4 Å². The minimum atomic E-state index is -3.62. The zero-order valence-electron chi connectivity index (χ0n) is 16.9. The quantitative estimate of drug-likeness (QED) is 0.348. The lowest BCUT2D eigenvalue weighted by Crippen LogP contribution is -2.40. The molecule has 0 aliphatic rings. The van der Waals surface area contributed by atoms with E-state index in [1.165, 1.54) is 12.1 Å². The van der Waals surface area contributed by atoms with Gasteiger partial charge >= 0.3 is 0 Å². The molecule has 2 heterocycles. The van der Waals surface area contributed by atoms with Crippen LogP contribution in [0.1, 0.15) is 12.5 Å². The van der Waals surface area contributed by atoms with E-state index >= 15 is 0 Å². The molecule has 0 unspecified atom stereocenters. The van der Waals surface area contributed by atoms with Crippen LogP contribution in [-0.4, -0.2) is 37.5 Å². The van der Waals surface area contributed by atoms with Gasteiger partial charge in [-0.1, -0.05) is 6.07 Å². The van der Waals surface area contributed by atoms with E-state index in [1.54, 1.807) is 42.7 Å². The highest BCUT2D eigenvalue weighted by atomic mass is 35.5. The van der Waals surface area contributed by atoms with E-state index in [9.17, 15) is 12.8 Å². The highest BCUT2D eigenvalue weighted by Gasteiger charge is 2.17. The SMILES string of the molecule is C[C@H](CNCCc1c[nH]c2ccc(F)cc12)NS(=O)(=O)c1ccc2cnccc2c1.Cl. The Bertz CT molecular complexity index is 1290. The highest BCUT2D eigenvalue weighted by molar-refractivity contribution is 7.89. The van der Waals surface area contributed by atoms with Gasteiger partial charge in [0.15, 0.2) is 0 Å². The summed E-state index contributed by atoms with van der Waals surface area (Å²) in [7, 11) is -3.62. The monoisotopic (exact) mass is 462 g/mol. The van der Waals surface area contributed by atoms with Crippen LogP contribution in [-0.2, 0) is 16.4 Å². The third-order valence-electron chi connectivity index (χ3n) is 5.03. The average Bonchev–Trinajstić information content (AvgIpc) is 3.12. The molecule has 9 heteroatoms. The number of fused-ring (bicyclic) bond motifs is 2. The van der Waals surface area contributed by atoms with Gasteiger partial charge in [-0.2, -0.15) is 0 Å². The molecular formula is C22H24ClFN4O2S. The fourth-order valence-electron chi connectivity index (χ4n) is 3.50. The molecule has 2 aromatic heterocycles.